The first-order valence-corrected chi connectivity index (χ1v) is 17.4. The third-order valence-corrected chi connectivity index (χ3v) is 15.3. The summed E-state index contributed by atoms with van der Waals surface area (Å²) in [4.78, 5) is 0. The fourth-order valence-electron chi connectivity index (χ4n) is 3.53. The van der Waals surface area contributed by atoms with Crippen molar-refractivity contribution in [1.82, 2.24) is 0 Å². The second kappa shape index (κ2) is 12.9. The first-order valence-electron chi connectivity index (χ1n) is 9.61. The predicted octanol–water partition coefficient (Wildman–Crippen LogP) is 7.48. The zero-order valence-corrected chi connectivity index (χ0v) is 23.0. The highest BCUT2D eigenvalue weighted by Crippen LogP contribution is 2.52. The van der Waals surface area contributed by atoms with Crippen LogP contribution in [0.3, 0.4) is 0 Å². The standard InChI is InChI=1S/C20H30S8/c1-23-17(19-25-11-15(27-19)7-9-21)13-3-5-14(6-4-13)18(24-2)20-26-12-16(28-20)8-10-22/h3-6,15-22H,7-12H2,1-2H3. The van der Waals surface area contributed by atoms with Crippen LogP contribution in [-0.4, -0.2) is 55.2 Å². The monoisotopic (exact) mass is 526 g/mol. The summed E-state index contributed by atoms with van der Waals surface area (Å²) in [6, 6.07) is 9.62. The molecule has 158 valence electrons. The molecular weight excluding hydrogens is 497 g/mol. The molecule has 3 rings (SSSR count). The first kappa shape index (κ1) is 24.7. The zero-order chi connectivity index (χ0) is 19.9. The van der Waals surface area contributed by atoms with Crippen molar-refractivity contribution < 1.29 is 0 Å². The predicted molar refractivity (Wildman–Crippen MR) is 151 cm³/mol. The molecule has 2 fully saturated rings. The summed E-state index contributed by atoms with van der Waals surface area (Å²) in [5.74, 6) is 4.57. The average molecular weight is 527 g/mol. The van der Waals surface area contributed by atoms with Crippen molar-refractivity contribution in [1.29, 1.82) is 0 Å². The smallest absolute Gasteiger partial charge is 0.0665 e. The largest absolute Gasteiger partial charge is 0.179 e. The fourth-order valence-corrected chi connectivity index (χ4v) is 14.8. The molecule has 6 atom stereocenters. The number of hydrogen-bond acceptors (Lipinski definition) is 8. The minimum atomic E-state index is 0.580. The maximum absolute atomic E-state index is 4.43. The minimum Gasteiger partial charge on any atom is -0.179 e. The van der Waals surface area contributed by atoms with Crippen LogP contribution >= 0.6 is 95.8 Å². The van der Waals surface area contributed by atoms with Gasteiger partial charge in [-0.15, -0.1) is 47.0 Å². The summed E-state index contributed by atoms with van der Waals surface area (Å²) in [7, 11) is 0. The average Bonchev–Trinajstić information content (AvgIpc) is 3.35. The van der Waals surface area contributed by atoms with Crippen molar-refractivity contribution in [3.63, 3.8) is 0 Å². The Morgan fingerprint density at radius 1 is 0.821 bits per heavy atom. The Hall–Kier alpha value is 2.02. The molecule has 0 radical (unpaired) electrons. The lowest BCUT2D eigenvalue weighted by Gasteiger charge is -2.24. The third kappa shape index (κ3) is 6.52. The van der Waals surface area contributed by atoms with Crippen LogP contribution in [0.25, 0.3) is 0 Å². The molecule has 2 saturated heterocycles. The van der Waals surface area contributed by atoms with E-state index in [1.54, 1.807) is 0 Å². The Labute approximate surface area is 208 Å². The molecule has 2 aliphatic heterocycles. The van der Waals surface area contributed by atoms with Crippen molar-refractivity contribution in [2.45, 2.75) is 43.0 Å². The van der Waals surface area contributed by atoms with Gasteiger partial charge in [0.25, 0.3) is 0 Å². The van der Waals surface area contributed by atoms with Crippen LogP contribution in [-0.2, 0) is 0 Å². The van der Waals surface area contributed by atoms with Gasteiger partial charge in [-0.2, -0.15) is 48.8 Å². The van der Waals surface area contributed by atoms with Crippen LogP contribution in [0.4, 0.5) is 0 Å². The molecule has 0 nitrogen and oxygen atoms in total. The fraction of sp³-hybridized carbons (Fsp3) is 0.700. The molecule has 6 unspecified atom stereocenters. The van der Waals surface area contributed by atoms with Gasteiger partial charge in [0.05, 0.1) is 19.7 Å². The lowest BCUT2D eigenvalue weighted by Crippen LogP contribution is -2.09. The molecule has 8 heteroatoms. The molecule has 0 bridgehead atoms. The van der Waals surface area contributed by atoms with Crippen LogP contribution in [0.2, 0.25) is 0 Å². The first-order chi connectivity index (χ1) is 13.7. The Morgan fingerprint density at radius 2 is 1.21 bits per heavy atom. The molecule has 1 aromatic carbocycles. The van der Waals surface area contributed by atoms with Gasteiger partial charge in [0.15, 0.2) is 0 Å². The molecule has 0 N–H and O–H groups in total. The number of thiol groups is 2. The summed E-state index contributed by atoms with van der Waals surface area (Å²) < 4.78 is 1.34. The quantitative estimate of drug-likeness (QED) is 0.301. The topological polar surface area (TPSA) is 0 Å². The van der Waals surface area contributed by atoms with Crippen molar-refractivity contribution in [3.05, 3.63) is 35.4 Å². The van der Waals surface area contributed by atoms with E-state index in [4.69, 9.17) is 0 Å². The highest BCUT2D eigenvalue weighted by molar-refractivity contribution is 8.22. The van der Waals surface area contributed by atoms with E-state index in [2.05, 4.69) is 109 Å². The van der Waals surface area contributed by atoms with Crippen LogP contribution in [0.1, 0.15) is 34.5 Å². The lowest BCUT2D eigenvalue weighted by molar-refractivity contribution is 0.937. The van der Waals surface area contributed by atoms with E-state index in [0.717, 1.165) is 22.0 Å². The van der Waals surface area contributed by atoms with Crippen molar-refractivity contribution in [2.24, 2.45) is 0 Å². The molecule has 0 amide bonds. The summed E-state index contributed by atoms with van der Waals surface area (Å²) in [5, 5.41) is 2.72. The van der Waals surface area contributed by atoms with Crippen molar-refractivity contribution in [2.75, 3.05) is 35.5 Å². The van der Waals surface area contributed by atoms with Crippen LogP contribution in [0.15, 0.2) is 24.3 Å². The van der Waals surface area contributed by atoms with Gasteiger partial charge in [-0.1, -0.05) is 24.3 Å². The number of thioether (sulfide) groups is 6. The highest BCUT2D eigenvalue weighted by Gasteiger charge is 2.34. The molecule has 0 aromatic heterocycles. The van der Waals surface area contributed by atoms with Gasteiger partial charge < -0.3 is 0 Å². The van der Waals surface area contributed by atoms with Gasteiger partial charge in [0.2, 0.25) is 0 Å². The summed E-state index contributed by atoms with van der Waals surface area (Å²) in [5.41, 5.74) is 2.99. The van der Waals surface area contributed by atoms with Crippen LogP contribution in [0.5, 0.6) is 0 Å². The Bertz CT molecular complexity index is 529. The summed E-state index contributed by atoms with van der Waals surface area (Å²) >= 11 is 21.5. The minimum absolute atomic E-state index is 0.580. The second-order valence-corrected chi connectivity index (χ2v) is 15.6. The van der Waals surface area contributed by atoms with Crippen LogP contribution < -0.4 is 0 Å². The molecule has 0 aliphatic carbocycles. The second-order valence-electron chi connectivity index (χ2n) is 6.92. The maximum Gasteiger partial charge on any atom is 0.0665 e. The SMILES string of the molecule is CSC(c1ccc(C(SC)C2SCC(CCS)S2)cc1)C1SCC(CCS)S1. The van der Waals surface area contributed by atoms with Gasteiger partial charge in [0, 0.05) is 22.0 Å². The summed E-state index contributed by atoms with van der Waals surface area (Å²) in [6.07, 6.45) is 7.00. The van der Waals surface area contributed by atoms with Gasteiger partial charge >= 0.3 is 0 Å². The van der Waals surface area contributed by atoms with E-state index >= 15 is 0 Å². The lowest BCUT2D eigenvalue weighted by atomic mass is 10.1. The summed E-state index contributed by atoms with van der Waals surface area (Å²) in [6.45, 7) is 0. The van der Waals surface area contributed by atoms with Gasteiger partial charge in [-0.05, 0) is 48.0 Å². The molecule has 2 heterocycles. The van der Waals surface area contributed by atoms with E-state index in [1.807, 2.05) is 23.5 Å². The molecule has 0 spiro atoms. The third-order valence-electron chi connectivity index (χ3n) is 5.04. The van der Waals surface area contributed by atoms with Gasteiger partial charge in [-0.3, -0.25) is 0 Å². The van der Waals surface area contributed by atoms with Gasteiger partial charge in [-0.25, -0.2) is 0 Å². The normalized spacial score (nSPS) is 29.9. The molecule has 2 aliphatic rings. The Morgan fingerprint density at radius 3 is 1.54 bits per heavy atom. The number of benzene rings is 1. The maximum atomic E-state index is 4.43. The molecule has 0 saturated carbocycles. The highest BCUT2D eigenvalue weighted by atomic mass is 32.2. The van der Waals surface area contributed by atoms with Crippen molar-refractivity contribution in [3.8, 4) is 0 Å². The number of hydrogen-bond donors (Lipinski definition) is 2. The van der Waals surface area contributed by atoms with E-state index in [-0.39, 0.29) is 0 Å². The van der Waals surface area contributed by atoms with E-state index in [9.17, 15) is 0 Å². The molecule has 28 heavy (non-hydrogen) atoms. The molecular formula is C20H30S8. The van der Waals surface area contributed by atoms with Crippen molar-refractivity contribution >= 4 is 95.8 Å². The van der Waals surface area contributed by atoms with Crippen LogP contribution in [0, 0.1) is 0 Å². The Balaban J connectivity index is 1.64. The zero-order valence-electron chi connectivity index (χ0n) is 16.4. The molecule has 1 aromatic rings. The van der Waals surface area contributed by atoms with Gasteiger partial charge in [0.1, 0.15) is 0 Å². The van der Waals surface area contributed by atoms with E-state index in [1.165, 1.54) is 35.5 Å². The van der Waals surface area contributed by atoms with E-state index in [0.29, 0.717) is 19.7 Å². The number of rotatable bonds is 10. The van der Waals surface area contributed by atoms with E-state index < -0.39 is 0 Å². The Kier molecular flexibility index (Phi) is 11.4.